The Balaban J connectivity index is 2.39. The highest BCUT2D eigenvalue weighted by atomic mass is 16.5. The first-order chi connectivity index (χ1) is 9.82. The number of rotatable bonds is 4. The van der Waals surface area contributed by atoms with Crippen LogP contribution in [0.4, 0.5) is 0 Å². The SMILES string of the molecule is CCCC1NC(=O)C(C(C)C)N(C2(C)CCOC2C)C1=O. The van der Waals surface area contributed by atoms with E-state index in [0.717, 1.165) is 12.8 Å². The van der Waals surface area contributed by atoms with Crippen molar-refractivity contribution in [2.75, 3.05) is 6.61 Å². The van der Waals surface area contributed by atoms with E-state index in [1.165, 1.54) is 0 Å². The Hall–Kier alpha value is -1.10. The first-order valence-electron chi connectivity index (χ1n) is 8.08. The quantitative estimate of drug-likeness (QED) is 0.859. The summed E-state index contributed by atoms with van der Waals surface area (Å²) >= 11 is 0. The molecule has 5 nitrogen and oxygen atoms in total. The smallest absolute Gasteiger partial charge is 0.246 e. The molecule has 2 aliphatic rings. The Kier molecular flexibility index (Phi) is 4.61. The Morgan fingerprint density at radius 1 is 1.43 bits per heavy atom. The van der Waals surface area contributed by atoms with Crippen molar-refractivity contribution in [1.29, 1.82) is 0 Å². The molecule has 0 aliphatic carbocycles. The predicted octanol–water partition coefficient (Wildman–Crippen LogP) is 1.71. The Labute approximate surface area is 127 Å². The minimum Gasteiger partial charge on any atom is -0.376 e. The molecule has 4 unspecified atom stereocenters. The van der Waals surface area contributed by atoms with Crippen molar-refractivity contribution < 1.29 is 14.3 Å². The lowest BCUT2D eigenvalue weighted by Crippen LogP contribution is -2.71. The molecular formula is C16H28N2O3. The molecule has 0 aromatic heterocycles. The lowest BCUT2D eigenvalue weighted by molar-refractivity contribution is -0.161. The maximum Gasteiger partial charge on any atom is 0.246 e. The molecule has 2 fully saturated rings. The van der Waals surface area contributed by atoms with Gasteiger partial charge in [-0.1, -0.05) is 27.2 Å². The van der Waals surface area contributed by atoms with Gasteiger partial charge in [0.1, 0.15) is 12.1 Å². The van der Waals surface area contributed by atoms with Gasteiger partial charge in [-0.3, -0.25) is 9.59 Å². The van der Waals surface area contributed by atoms with E-state index in [1.807, 2.05) is 32.6 Å². The van der Waals surface area contributed by atoms with Crippen LogP contribution < -0.4 is 5.32 Å². The van der Waals surface area contributed by atoms with Gasteiger partial charge in [-0.05, 0) is 32.6 Å². The highest BCUT2D eigenvalue weighted by Crippen LogP contribution is 2.37. The molecule has 120 valence electrons. The van der Waals surface area contributed by atoms with Gasteiger partial charge in [0.05, 0.1) is 11.6 Å². The third kappa shape index (κ3) is 2.68. The summed E-state index contributed by atoms with van der Waals surface area (Å²) in [7, 11) is 0. The third-order valence-electron chi connectivity index (χ3n) is 5.01. The summed E-state index contributed by atoms with van der Waals surface area (Å²) in [4.78, 5) is 27.3. The van der Waals surface area contributed by atoms with Gasteiger partial charge in [0.15, 0.2) is 0 Å². The molecule has 0 aromatic carbocycles. The zero-order valence-electron chi connectivity index (χ0n) is 13.8. The number of carbonyl (C=O) groups excluding carboxylic acids is 2. The maximum atomic E-state index is 13.0. The molecule has 4 atom stereocenters. The predicted molar refractivity (Wildman–Crippen MR) is 80.7 cm³/mol. The number of amides is 2. The summed E-state index contributed by atoms with van der Waals surface area (Å²) in [5.74, 6) is 0.111. The fourth-order valence-electron chi connectivity index (χ4n) is 3.54. The van der Waals surface area contributed by atoms with Crippen molar-refractivity contribution in [3.63, 3.8) is 0 Å². The van der Waals surface area contributed by atoms with Gasteiger partial charge in [-0.25, -0.2) is 0 Å². The lowest BCUT2D eigenvalue weighted by atomic mass is 9.84. The normalized spacial score (nSPS) is 37.2. The number of carbonyl (C=O) groups is 2. The van der Waals surface area contributed by atoms with Gasteiger partial charge in [0, 0.05) is 6.61 Å². The van der Waals surface area contributed by atoms with E-state index in [4.69, 9.17) is 4.74 Å². The first-order valence-corrected chi connectivity index (χ1v) is 8.08. The van der Waals surface area contributed by atoms with E-state index in [2.05, 4.69) is 12.2 Å². The fourth-order valence-corrected chi connectivity index (χ4v) is 3.54. The van der Waals surface area contributed by atoms with Gasteiger partial charge in [0.25, 0.3) is 0 Å². The van der Waals surface area contributed by atoms with Crippen molar-refractivity contribution in [3.05, 3.63) is 0 Å². The Bertz CT molecular complexity index is 424. The molecule has 0 aromatic rings. The minimum absolute atomic E-state index is 0.0247. The molecule has 5 heteroatoms. The molecule has 2 saturated heterocycles. The summed E-state index contributed by atoms with van der Waals surface area (Å²) in [5, 5.41) is 2.91. The average Bonchev–Trinajstić information content (AvgIpc) is 2.73. The van der Waals surface area contributed by atoms with E-state index >= 15 is 0 Å². The van der Waals surface area contributed by atoms with E-state index in [-0.39, 0.29) is 29.9 Å². The molecule has 1 N–H and O–H groups in total. The number of ether oxygens (including phenoxy) is 1. The van der Waals surface area contributed by atoms with Gasteiger partial charge < -0.3 is 15.0 Å². The number of nitrogens with one attached hydrogen (secondary N) is 1. The van der Waals surface area contributed by atoms with Crippen LogP contribution in [-0.2, 0) is 14.3 Å². The lowest BCUT2D eigenvalue weighted by Gasteiger charge is -2.50. The van der Waals surface area contributed by atoms with Crippen LogP contribution in [0.1, 0.15) is 53.9 Å². The summed E-state index contributed by atoms with van der Waals surface area (Å²) in [6.45, 7) is 10.7. The Morgan fingerprint density at radius 2 is 2.10 bits per heavy atom. The minimum atomic E-state index is -0.403. The van der Waals surface area contributed by atoms with Crippen LogP contribution in [0.15, 0.2) is 0 Å². The highest BCUT2D eigenvalue weighted by Gasteiger charge is 2.53. The fraction of sp³-hybridized carbons (Fsp3) is 0.875. The standard InChI is InChI=1S/C16H28N2O3/c1-6-7-12-15(20)18(13(10(2)3)14(19)17-12)16(5)8-9-21-11(16)4/h10-13H,6-9H2,1-5H3,(H,17,19). The second-order valence-corrected chi connectivity index (χ2v) is 6.87. The number of piperazine rings is 1. The molecule has 21 heavy (non-hydrogen) atoms. The summed E-state index contributed by atoms with van der Waals surface area (Å²) < 4.78 is 5.70. The van der Waals surface area contributed by atoms with Crippen LogP contribution in [0, 0.1) is 5.92 Å². The topological polar surface area (TPSA) is 58.6 Å². The van der Waals surface area contributed by atoms with Crippen molar-refractivity contribution in [2.24, 2.45) is 5.92 Å². The molecule has 2 rings (SSSR count). The zero-order chi connectivity index (χ0) is 15.8. The van der Waals surface area contributed by atoms with Crippen molar-refractivity contribution in [1.82, 2.24) is 10.2 Å². The summed E-state index contributed by atoms with van der Waals surface area (Å²) in [5.41, 5.74) is -0.393. The second kappa shape index (κ2) is 5.95. The van der Waals surface area contributed by atoms with Crippen LogP contribution in [0.2, 0.25) is 0 Å². The molecule has 2 aliphatic heterocycles. The van der Waals surface area contributed by atoms with Crippen molar-refractivity contribution >= 4 is 11.8 Å². The van der Waals surface area contributed by atoms with Gasteiger partial charge in [0.2, 0.25) is 11.8 Å². The Morgan fingerprint density at radius 3 is 2.57 bits per heavy atom. The first kappa shape index (κ1) is 16.3. The van der Waals surface area contributed by atoms with Gasteiger partial charge >= 0.3 is 0 Å². The molecule has 0 spiro atoms. The average molecular weight is 296 g/mol. The van der Waals surface area contributed by atoms with Crippen molar-refractivity contribution in [3.8, 4) is 0 Å². The van der Waals surface area contributed by atoms with Gasteiger partial charge in [-0.2, -0.15) is 0 Å². The number of hydrogen-bond donors (Lipinski definition) is 1. The van der Waals surface area contributed by atoms with Crippen LogP contribution in [0.25, 0.3) is 0 Å². The summed E-state index contributed by atoms with van der Waals surface area (Å²) in [6.07, 6.45) is 2.31. The summed E-state index contributed by atoms with van der Waals surface area (Å²) in [6, 6.07) is -0.790. The van der Waals surface area contributed by atoms with E-state index in [0.29, 0.717) is 13.0 Å². The van der Waals surface area contributed by atoms with E-state index in [9.17, 15) is 9.59 Å². The zero-order valence-corrected chi connectivity index (χ0v) is 13.8. The van der Waals surface area contributed by atoms with Crippen LogP contribution in [0.5, 0.6) is 0 Å². The molecule has 0 radical (unpaired) electrons. The highest BCUT2D eigenvalue weighted by molar-refractivity contribution is 5.97. The molecule has 0 bridgehead atoms. The maximum absolute atomic E-state index is 13.0. The third-order valence-corrected chi connectivity index (χ3v) is 5.01. The van der Waals surface area contributed by atoms with Crippen LogP contribution in [0.3, 0.4) is 0 Å². The molecule has 0 saturated carbocycles. The number of nitrogens with zero attached hydrogens (tertiary/aromatic N) is 1. The number of hydrogen-bond acceptors (Lipinski definition) is 3. The largest absolute Gasteiger partial charge is 0.376 e. The second-order valence-electron chi connectivity index (χ2n) is 6.87. The monoisotopic (exact) mass is 296 g/mol. The van der Waals surface area contributed by atoms with Gasteiger partial charge in [-0.15, -0.1) is 0 Å². The van der Waals surface area contributed by atoms with Crippen LogP contribution in [-0.4, -0.2) is 47.0 Å². The molecule has 2 amide bonds. The van der Waals surface area contributed by atoms with Crippen molar-refractivity contribution in [2.45, 2.75) is 77.6 Å². The molecular weight excluding hydrogens is 268 g/mol. The van der Waals surface area contributed by atoms with E-state index < -0.39 is 11.6 Å². The molecule has 2 heterocycles. The van der Waals surface area contributed by atoms with Crippen LogP contribution >= 0.6 is 0 Å². The van der Waals surface area contributed by atoms with E-state index in [1.54, 1.807) is 0 Å².